The average molecular weight is 402 g/mol. The summed E-state index contributed by atoms with van der Waals surface area (Å²) in [5.74, 6) is 1.21. The van der Waals surface area contributed by atoms with Crippen LogP contribution in [0.15, 0.2) is 60.7 Å². The Labute approximate surface area is 174 Å². The Hall–Kier alpha value is -3.87. The highest BCUT2D eigenvalue weighted by molar-refractivity contribution is 5.93. The maximum atomic E-state index is 12.3. The van der Waals surface area contributed by atoms with Crippen LogP contribution in [0, 0.1) is 13.8 Å². The highest BCUT2D eigenvalue weighted by Gasteiger charge is 2.09. The van der Waals surface area contributed by atoms with Crippen LogP contribution in [0.4, 0.5) is 5.69 Å². The number of nitrogens with zero attached hydrogens (tertiary/aromatic N) is 3. The Morgan fingerprint density at radius 2 is 1.60 bits per heavy atom. The third-order valence-corrected chi connectivity index (χ3v) is 4.53. The van der Waals surface area contributed by atoms with Gasteiger partial charge in [0.1, 0.15) is 22.5 Å². The standard InChI is InChI=1S/C23H22N4O3/c1-15-10-16(2)12-20(11-15)30-14-23(28)24-17-4-9-21-22(13-17)26-27(25-21)18-5-7-19(29-3)8-6-18/h4-13H,14H2,1-3H3,(H,24,28). The summed E-state index contributed by atoms with van der Waals surface area (Å²) in [5.41, 5.74) is 5.05. The Kier molecular flexibility index (Phi) is 5.34. The van der Waals surface area contributed by atoms with Crippen molar-refractivity contribution < 1.29 is 14.3 Å². The second-order valence-corrected chi connectivity index (χ2v) is 7.05. The van der Waals surface area contributed by atoms with Gasteiger partial charge < -0.3 is 14.8 Å². The van der Waals surface area contributed by atoms with E-state index >= 15 is 0 Å². The molecule has 0 aliphatic rings. The second kappa shape index (κ2) is 8.24. The number of amides is 1. The van der Waals surface area contributed by atoms with Crippen molar-refractivity contribution in [3.8, 4) is 17.2 Å². The van der Waals surface area contributed by atoms with Crippen molar-refractivity contribution in [3.05, 3.63) is 71.8 Å². The molecule has 0 radical (unpaired) electrons. The smallest absolute Gasteiger partial charge is 0.262 e. The van der Waals surface area contributed by atoms with Gasteiger partial charge >= 0.3 is 0 Å². The number of benzene rings is 3. The zero-order chi connectivity index (χ0) is 21.1. The van der Waals surface area contributed by atoms with Crippen LogP contribution in [-0.4, -0.2) is 34.6 Å². The fraction of sp³-hybridized carbons (Fsp3) is 0.174. The number of carbonyl (C=O) groups excluding carboxylic acids is 1. The van der Waals surface area contributed by atoms with E-state index in [0.717, 1.165) is 28.1 Å². The molecule has 0 unspecified atom stereocenters. The van der Waals surface area contributed by atoms with Crippen molar-refractivity contribution in [1.82, 2.24) is 15.0 Å². The van der Waals surface area contributed by atoms with E-state index in [1.165, 1.54) is 0 Å². The molecule has 30 heavy (non-hydrogen) atoms. The molecule has 7 nitrogen and oxygen atoms in total. The third-order valence-electron chi connectivity index (χ3n) is 4.53. The minimum Gasteiger partial charge on any atom is -0.497 e. The quantitative estimate of drug-likeness (QED) is 0.526. The summed E-state index contributed by atoms with van der Waals surface area (Å²) in [6.45, 7) is 3.92. The fourth-order valence-electron chi connectivity index (χ4n) is 3.19. The molecule has 0 aliphatic carbocycles. The summed E-state index contributed by atoms with van der Waals surface area (Å²) in [6, 6.07) is 18.7. The highest BCUT2D eigenvalue weighted by Crippen LogP contribution is 2.20. The molecule has 0 fully saturated rings. The van der Waals surface area contributed by atoms with Gasteiger partial charge in [0.15, 0.2) is 6.61 Å². The molecule has 0 saturated carbocycles. The van der Waals surface area contributed by atoms with E-state index in [-0.39, 0.29) is 12.5 Å². The topological polar surface area (TPSA) is 78.3 Å². The molecule has 0 saturated heterocycles. The Morgan fingerprint density at radius 3 is 2.30 bits per heavy atom. The molecule has 1 aromatic heterocycles. The van der Waals surface area contributed by atoms with Crippen molar-refractivity contribution in [2.45, 2.75) is 13.8 Å². The lowest BCUT2D eigenvalue weighted by atomic mass is 10.1. The van der Waals surface area contributed by atoms with Crippen molar-refractivity contribution in [2.24, 2.45) is 0 Å². The van der Waals surface area contributed by atoms with E-state index in [4.69, 9.17) is 9.47 Å². The normalized spacial score (nSPS) is 10.8. The second-order valence-electron chi connectivity index (χ2n) is 7.05. The number of aryl methyl sites for hydroxylation is 2. The molecule has 7 heteroatoms. The van der Waals surface area contributed by atoms with Gasteiger partial charge in [-0.25, -0.2) is 0 Å². The van der Waals surface area contributed by atoms with E-state index < -0.39 is 0 Å². The zero-order valence-electron chi connectivity index (χ0n) is 17.0. The molecule has 1 heterocycles. The van der Waals surface area contributed by atoms with Crippen LogP contribution >= 0.6 is 0 Å². The SMILES string of the molecule is COc1ccc(-n2nc3ccc(NC(=O)COc4cc(C)cc(C)c4)cc3n2)cc1. The third kappa shape index (κ3) is 4.41. The number of fused-ring (bicyclic) bond motifs is 1. The first-order valence-corrected chi connectivity index (χ1v) is 9.53. The van der Waals surface area contributed by atoms with Gasteiger partial charge in [0.25, 0.3) is 5.91 Å². The van der Waals surface area contributed by atoms with Gasteiger partial charge in [0.2, 0.25) is 0 Å². The number of aromatic nitrogens is 3. The van der Waals surface area contributed by atoms with Crippen LogP contribution in [0.5, 0.6) is 11.5 Å². The number of ether oxygens (including phenoxy) is 2. The summed E-state index contributed by atoms with van der Waals surface area (Å²) in [4.78, 5) is 13.8. The largest absolute Gasteiger partial charge is 0.497 e. The van der Waals surface area contributed by atoms with Crippen molar-refractivity contribution >= 4 is 22.6 Å². The lowest BCUT2D eigenvalue weighted by molar-refractivity contribution is -0.118. The van der Waals surface area contributed by atoms with Gasteiger partial charge in [-0.2, -0.15) is 4.80 Å². The maximum Gasteiger partial charge on any atom is 0.262 e. The number of hydrogen-bond donors (Lipinski definition) is 1. The average Bonchev–Trinajstić information content (AvgIpc) is 3.15. The van der Waals surface area contributed by atoms with E-state index in [2.05, 4.69) is 21.6 Å². The maximum absolute atomic E-state index is 12.3. The molecule has 4 rings (SSSR count). The summed E-state index contributed by atoms with van der Waals surface area (Å²) in [6.07, 6.45) is 0. The number of carbonyl (C=O) groups is 1. The molecule has 0 spiro atoms. The predicted molar refractivity (Wildman–Crippen MR) is 115 cm³/mol. The first-order chi connectivity index (χ1) is 14.5. The van der Waals surface area contributed by atoms with Gasteiger partial charge in [-0.3, -0.25) is 4.79 Å². The van der Waals surface area contributed by atoms with E-state index in [0.29, 0.717) is 17.0 Å². The van der Waals surface area contributed by atoms with Gasteiger partial charge in [-0.15, -0.1) is 10.2 Å². The summed E-state index contributed by atoms with van der Waals surface area (Å²) >= 11 is 0. The molecule has 1 N–H and O–H groups in total. The van der Waals surface area contributed by atoms with Crippen molar-refractivity contribution in [2.75, 3.05) is 19.0 Å². The summed E-state index contributed by atoms with van der Waals surface area (Å²) in [5, 5.41) is 11.8. The minimum absolute atomic E-state index is 0.0700. The van der Waals surface area contributed by atoms with E-state index in [1.54, 1.807) is 24.0 Å². The highest BCUT2D eigenvalue weighted by atomic mass is 16.5. The Morgan fingerprint density at radius 1 is 0.900 bits per heavy atom. The molecular formula is C23H22N4O3. The number of anilines is 1. The predicted octanol–water partition coefficient (Wildman–Crippen LogP) is 4.06. The minimum atomic E-state index is -0.240. The van der Waals surface area contributed by atoms with Crippen LogP contribution in [-0.2, 0) is 4.79 Å². The fourth-order valence-corrected chi connectivity index (χ4v) is 3.19. The van der Waals surface area contributed by atoms with Crippen molar-refractivity contribution in [3.63, 3.8) is 0 Å². The van der Waals surface area contributed by atoms with Crippen LogP contribution < -0.4 is 14.8 Å². The van der Waals surface area contributed by atoms with Gasteiger partial charge in [0, 0.05) is 5.69 Å². The van der Waals surface area contributed by atoms with Crippen LogP contribution in [0.2, 0.25) is 0 Å². The van der Waals surface area contributed by atoms with E-state index in [1.807, 2.05) is 56.3 Å². The zero-order valence-corrected chi connectivity index (χ0v) is 17.0. The summed E-state index contributed by atoms with van der Waals surface area (Å²) in [7, 11) is 1.62. The van der Waals surface area contributed by atoms with Crippen molar-refractivity contribution in [1.29, 1.82) is 0 Å². The first-order valence-electron chi connectivity index (χ1n) is 9.53. The number of methoxy groups -OCH3 is 1. The molecule has 4 aromatic rings. The van der Waals surface area contributed by atoms with Gasteiger partial charge in [0.05, 0.1) is 12.8 Å². The van der Waals surface area contributed by atoms with Crippen LogP contribution in [0.1, 0.15) is 11.1 Å². The van der Waals surface area contributed by atoms with E-state index in [9.17, 15) is 4.79 Å². The molecule has 0 atom stereocenters. The Balaban J connectivity index is 1.44. The number of rotatable bonds is 6. The summed E-state index contributed by atoms with van der Waals surface area (Å²) < 4.78 is 10.8. The lowest BCUT2D eigenvalue weighted by Gasteiger charge is -2.09. The Bertz CT molecular complexity index is 1180. The van der Waals surface area contributed by atoms with Crippen LogP contribution in [0.25, 0.3) is 16.7 Å². The molecule has 0 bridgehead atoms. The van der Waals surface area contributed by atoms with Crippen LogP contribution in [0.3, 0.4) is 0 Å². The molecule has 0 aliphatic heterocycles. The molecule has 152 valence electrons. The number of hydrogen-bond acceptors (Lipinski definition) is 5. The molecule has 3 aromatic carbocycles. The number of nitrogens with one attached hydrogen (secondary N) is 1. The lowest BCUT2D eigenvalue weighted by Crippen LogP contribution is -2.20. The van der Waals surface area contributed by atoms with Gasteiger partial charge in [-0.05, 0) is 79.6 Å². The first kappa shape index (κ1) is 19.4. The molecular weight excluding hydrogens is 380 g/mol. The molecule has 1 amide bonds. The monoisotopic (exact) mass is 402 g/mol. The van der Waals surface area contributed by atoms with Gasteiger partial charge in [-0.1, -0.05) is 6.07 Å².